The number of ether oxygens (including phenoxy) is 2. The first kappa shape index (κ1) is 23.5. The first-order valence-electron chi connectivity index (χ1n) is 10.1. The van der Waals surface area contributed by atoms with Gasteiger partial charge in [-0.1, -0.05) is 29.8 Å². The Morgan fingerprint density at radius 2 is 1.64 bits per heavy atom. The average molecular weight is 449 g/mol. The van der Waals surface area contributed by atoms with Crippen molar-refractivity contribution in [1.82, 2.24) is 5.43 Å². The number of nitrogens with zero attached hydrogens (tertiary/aromatic N) is 1. The molecular formula is C25H24FN3O4. The smallest absolute Gasteiger partial charge is 0.329 e. The summed E-state index contributed by atoms with van der Waals surface area (Å²) < 4.78 is 24.2. The summed E-state index contributed by atoms with van der Waals surface area (Å²) in [5, 5.41) is 6.34. The zero-order valence-electron chi connectivity index (χ0n) is 18.5. The van der Waals surface area contributed by atoms with Crippen LogP contribution in [0.4, 0.5) is 10.1 Å². The summed E-state index contributed by atoms with van der Waals surface area (Å²) in [7, 11) is 1.53. The average Bonchev–Trinajstić information content (AvgIpc) is 2.83. The Kier molecular flexibility index (Phi) is 7.75. The molecule has 0 bridgehead atoms. The van der Waals surface area contributed by atoms with Crippen molar-refractivity contribution in [3.8, 4) is 11.5 Å². The molecular weight excluding hydrogens is 425 g/mol. The van der Waals surface area contributed by atoms with E-state index in [0.29, 0.717) is 35.1 Å². The normalized spacial score (nSPS) is 11.0. The van der Waals surface area contributed by atoms with Crippen molar-refractivity contribution in [2.45, 2.75) is 20.5 Å². The van der Waals surface area contributed by atoms with Crippen molar-refractivity contribution in [2.75, 3.05) is 12.4 Å². The highest BCUT2D eigenvalue weighted by Crippen LogP contribution is 2.29. The minimum atomic E-state index is -0.955. The molecule has 0 heterocycles. The minimum absolute atomic E-state index is 0.295. The van der Waals surface area contributed by atoms with Gasteiger partial charge in [-0.3, -0.25) is 9.59 Å². The number of benzene rings is 3. The fraction of sp³-hybridized carbons (Fsp3) is 0.160. The second-order valence-corrected chi connectivity index (χ2v) is 7.24. The Bertz CT molecular complexity index is 1160. The second-order valence-electron chi connectivity index (χ2n) is 7.24. The molecule has 0 saturated heterocycles. The number of halogens is 1. The maximum absolute atomic E-state index is 12.9. The number of hydrogen-bond donors (Lipinski definition) is 2. The van der Waals surface area contributed by atoms with Crippen LogP contribution in [0.25, 0.3) is 0 Å². The van der Waals surface area contributed by atoms with E-state index in [1.165, 1.54) is 36.9 Å². The van der Waals surface area contributed by atoms with Gasteiger partial charge in [0.15, 0.2) is 11.5 Å². The van der Waals surface area contributed by atoms with Crippen molar-refractivity contribution < 1.29 is 23.5 Å². The molecule has 0 unspecified atom stereocenters. The third kappa shape index (κ3) is 6.64. The standard InChI is InChI=1S/C25H24FN3O4/c1-16-4-6-18(7-5-16)15-33-22-13-8-19(14-23(22)32-3)17(2)28-29-25(31)24(30)27-21-11-9-20(26)10-12-21/h4-14H,15H2,1-3H3,(H,27,30)(H,29,31)/b28-17+. The third-order valence-corrected chi connectivity index (χ3v) is 4.73. The van der Waals surface area contributed by atoms with E-state index in [2.05, 4.69) is 15.8 Å². The number of rotatable bonds is 7. The highest BCUT2D eigenvalue weighted by atomic mass is 19.1. The topological polar surface area (TPSA) is 89.0 Å². The van der Waals surface area contributed by atoms with Crippen molar-refractivity contribution >= 4 is 23.2 Å². The maximum Gasteiger partial charge on any atom is 0.329 e. The van der Waals surface area contributed by atoms with E-state index in [4.69, 9.17) is 9.47 Å². The highest BCUT2D eigenvalue weighted by Gasteiger charge is 2.14. The summed E-state index contributed by atoms with van der Waals surface area (Å²) >= 11 is 0. The zero-order valence-corrected chi connectivity index (χ0v) is 18.5. The van der Waals surface area contributed by atoms with Crippen LogP contribution in [0.1, 0.15) is 23.6 Å². The van der Waals surface area contributed by atoms with Crippen molar-refractivity contribution in [3.05, 3.63) is 89.2 Å². The van der Waals surface area contributed by atoms with E-state index in [1.807, 2.05) is 31.2 Å². The fourth-order valence-corrected chi connectivity index (χ4v) is 2.83. The lowest BCUT2D eigenvalue weighted by Crippen LogP contribution is -2.32. The van der Waals surface area contributed by atoms with Crippen LogP contribution in [-0.4, -0.2) is 24.6 Å². The number of hydrazone groups is 1. The molecule has 3 aromatic carbocycles. The molecule has 0 fully saturated rings. The number of amides is 2. The van der Waals surface area contributed by atoms with E-state index in [0.717, 1.165) is 5.56 Å². The van der Waals surface area contributed by atoms with E-state index < -0.39 is 17.6 Å². The predicted molar refractivity (Wildman–Crippen MR) is 124 cm³/mol. The van der Waals surface area contributed by atoms with Gasteiger partial charge in [0.05, 0.1) is 12.8 Å². The number of carbonyl (C=O) groups is 2. The summed E-state index contributed by atoms with van der Waals surface area (Å²) in [6, 6.07) is 18.4. The van der Waals surface area contributed by atoms with Crippen LogP contribution in [0.5, 0.6) is 11.5 Å². The summed E-state index contributed by atoms with van der Waals surface area (Å²) in [4.78, 5) is 24.0. The van der Waals surface area contributed by atoms with Crippen LogP contribution in [0.15, 0.2) is 71.8 Å². The minimum Gasteiger partial charge on any atom is -0.493 e. The molecule has 0 spiro atoms. The number of carbonyl (C=O) groups excluding carboxylic acids is 2. The Morgan fingerprint density at radius 1 is 0.939 bits per heavy atom. The molecule has 2 amide bonds. The van der Waals surface area contributed by atoms with Crippen LogP contribution >= 0.6 is 0 Å². The molecule has 170 valence electrons. The molecule has 3 aromatic rings. The van der Waals surface area contributed by atoms with E-state index in [-0.39, 0.29) is 0 Å². The van der Waals surface area contributed by atoms with Gasteiger partial charge in [-0.2, -0.15) is 5.10 Å². The number of hydrogen-bond acceptors (Lipinski definition) is 5. The molecule has 0 aliphatic rings. The number of nitrogens with one attached hydrogen (secondary N) is 2. The lowest BCUT2D eigenvalue weighted by Gasteiger charge is -2.12. The van der Waals surface area contributed by atoms with Gasteiger partial charge in [0, 0.05) is 11.3 Å². The molecule has 0 aliphatic carbocycles. The van der Waals surface area contributed by atoms with Gasteiger partial charge in [0.2, 0.25) is 0 Å². The van der Waals surface area contributed by atoms with Crippen molar-refractivity contribution in [1.29, 1.82) is 0 Å². The first-order chi connectivity index (χ1) is 15.9. The quantitative estimate of drug-likeness (QED) is 0.321. The molecule has 3 rings (SSSR count). The van der Waals surface area contributed by atoms with Crippen molar-refractivity contribution in [3.63, 3.8) is 0 Å². The van der Waals surface area contributed by atoms with Gasteiger partial charge in [-0.25, -0.2) is 9.82 Å². The maximum atomic E-state index is 12.9. The molecule has 0 radical (unpaired) electrons. The number of methoxy groups -OCH3 is 1. The Balaban J connectivity index is 1.61. The van der Waals surface area contributed by atoms with Gasteiger partial charge in [0.1, 0.15) is 12.4 Å². The molecule has 0 atom stereocenters. The predicted octanol–water partition coefficient (Wildman–Crippen LogP) is 4.20. The van der Waals surface area contributed by atoms with E-state index in [1.54, 1.807) is 25.1 Å². The van der Waals surface area contributed by atoms with Crippen LogP contribution in [0, 0.1) is 12.7 Å². The third-order valence-electron chi connectivity index (χ3n) is 4.73. The molecule has 0 aromatic heterocycles. The molecule has 33 heavy (non-hydrogen) atoms. The van der Waals surface area contributed by atoms with Gasteiger partial charge in [-0.15, -0.1) is 0 Å². The largest absolute Gasteiger partial charge is 0.493 e. The molecule has 2 N–H and O–H groups in total. The summed E-state index contributed by atoms with van der Waals surface area (Å²) in [5.41, 5.74) is 5.85. The number of aryl methyl sites for hydroxylation is 1. The van der Waals surface area contributed by atoms with E-state index in [9.17, 15) is 14.0 Å². The Labute approximate surface area is 191 Å². The van der Waals surface area contributed by atoms with Crippen LogP contribution in [0.3, 0.4) is 0 Å². The summed E-state index contributed by atoms with van der Waals surface area (Å²) in [6.07, 6.45) is 0. The fourth-order valence-electron chi connectivity index (χ4n) is 2.83. The Hall–Kier alpha value is -4.20. The molecule has 8 heteroatoms. The molecule has 7 nitrogen and oxygen atoms in total. The SMILES string of the molecule is COc1cc(/C(C)=N/NC(=O)C(=O)Nc2ccc(F)cc2)ccc1OCc1ccc(C)cc1. The van der Waals surface area contributed by atoms with Crippen LogP contribution in [0.2, 0.25) is 0 Å². The van der Waals surface area contributed by atoms with Gasteiger partial charge in [-0.05, 0) is 61.9 Å². The highest BCUT2D eigenvalue weighted by molar-refractivity contribution is 6.39. The monoisotopic (exact) mass is 449 g/mol. The van der Waals surface area contributed by atoms with Gasteiger partial charge < -0.3 is 14.8 Å². The van der Waals surface area contributed by atoms with Gasteiger partial charge >= 0.3 is 11.8 Å². The van der Waals surface area contributed by atoms with Crippen LogP contribution < -0.4 is 20.2 Å². The first-order valence-corrected chi connectivity index (χ1v) is 10.1. The lowest BCUT2D eigenvalue weighted by atomic mass is 10.1. The van der Waals surface area contributed by atoms with Crippen LogP contribution in [-0.2, 0) is 16.2 Å². The van der Waals surface area contributed by atoms with Gasteiger partial charge in [0.25, 0.3) is 0 Å². The number of anilines is 1. The molecule has 0 saturated carbocycles. The molecule has 0 aliphatic heterocycles. The Morgan fingerprint density at radius 3 is 2.30 bits per heavy atom. The summed E-state index contributed by atoms with van der Waals surface area (Å²) in [6.45, 7) is 4.10. The van der Waals surface area contributed by atoms with Crippen molar-refractivity contribution in [2.24, 2.45) is 5.10 Å². The second kappa shape index (κ2) is 10.9. The van der Waals surface area contributed by atoms with E-state index >= 15 is 0 Å². The lowest BCUT2D eigenvalue weighted by molar-refractivity contribution is -0.136. The summed E-state index contributed by atoms with van der Waals surface area (Å²) in [5.74, 6) is -1.24. The zero-order chi connectivity index (χ0) is 23.8.